The number of benzene rings is 10. The Balaban J connectivity index is 1.06. The molecule has 2 aliphatic rings. The minimum atomic E-state index is -0.476. The summed E-state index contributed by atoms with van der Waals surface area (Å²) in [7, 11) is 0. The largest absolute Gasteiger partial charge is 0.311 e. The monoisotopic (exact) mass is 987 g/mol. The first-order valence-electron chi connectivity index (χ1n) is 26.9. The molecule has 0 radical (unpaired) electrons. The van der Waals surface area contributed by atoms with Crippen molar-refractivity contribution >= 4 is 17.1 Å². The first-order chi connectivity index (χ1) is 37.8. The Hall–Kier alpha value is -9.44. The summed E-state index contributed by atoms with van der Waals surface area (Å²) in [5.41, 5.74) is 27.2. The molecule has 12 aromatic rings. The highest BCUT2D eigenvalue weighted by molar-refractivity contribution is 6.06. The zero-order chi connectivity index (χ0) is 51.8. The highest BCUT2D eigenvalue weighted by atomic mass is 15.1. The molecule has 0 atom stereocenters. The lowest BCUT2D eigenvalue weighted by molar-refractivity contribution is 0.623. The Morgan fingerprint density at radius 3 is 1.34 bits per heavy atom. The van der Waals surface area contributed by atoms with Crippen LogP contribution in [0.1, 0.15) is 50.1 Å². The minimum Gasteiger partial charge on any atom is -0.311 e. The molecule has 2 aliphatic carbocycles. The summed E-state index contributed by atoms with van der Waals surface area (Å²) < 4.78 is 5.19. The van der Waals surface area contributed by atoms with Crippen LogP contribution in [0.2, 0.25) is 0 Å². The number of hydrogen-bond acceptors (Lipinski definition) is 1. The molecule has 0 aliphatic heterocycles. The topological polar surface area (TPSA) is 13.1 Å². The van der Waals surface area contributed by atoms with E-state index < -0.39 is 5.41 Å². The van der Waals surface area contributed by atoms with E-state index in [1.807, 2.05) is 0 Å². The average Bonchev–Trinajstić information content (AvgIpc) is 4.00. The Morgan fingerprint density at radius 2 is 0.740 bits per heavy atom. The minimum absolute atomic E-state index is 0.166. The van der Waals surface area contributed by atoms with E-state index in [9.17, 15) is 0 Å². The van der Waals surface area contributed by atoms with E-state index in [0.29, 0.717) is 0 Å². The Morgan fingerprint density at radius 1 is 0.299 bits per heavy atom. The first kappa shape index (κ1) is 46.1. The van der Waals surface area contributed by atoms with Crippen LogP contribution in [0.5, 0.6) is 0 Å². The number of fused-ring (bicyclic) bond motifs is 6. The summed E-state index contributed by atoms with van der Waals surface area (Å²) in [6.07, 6.45) is 0. The molecule has 0 amide bonds. The van der Waals surface area contributed by atoms with Gasteiger partial charge in [-0.1, -0.05) is 246 Å². The number of nitrogens with zero attached hydrogens (tertiary/aromatic N) is 3. The number of rotatable bonds is 10. The van der Waals surface area contributed by atoms with Gasteiger partial charge < -0.3 is 14.0 Å². The normalized spacial score (nSPS) is 13.4. The van der Waals surface area contributed by atoms with Crippen molar-refractivity contribution in [3.05, 3.63) is 295 Å². The third-order valence-corrected chi connectivity index (χ3v) is 16.5. The maximum atomic E-state index is 2.61. The Labute approximate surface area is 452 Å². The molecule has 0 unspecified atom stereocenters. The SMILES string of the molecule is CC1(C)c2ccccc2-c2ccc(N(c3ccc(-n4c(-c5ccccc5)c(-c5ccccc5)c5c4-c4c(-c6ccccc6)c(-c6ccccc6)n(-c6ccccc6)c4C5(C)C)cc3)c3ccccc3-c3ccccc3)cc21. The maximum Gasteiger partial charge on any atom is 0.0617 e. The molecule has 0 saturated carbocycles. The van der Waals surface area contributed by atoms with E-state index in [4.69, 9.17) is 0 Å². The smallest absolute Gasteiger partial charge is 0.0617 e. The predicted molar refractivity (Wildman–Crippen MR) is 322 cm³/mol. The van der Waals surface area contributed by atoms with Gasteiger partial charge in [0, 0.05) is 61.5 Å². The van der Waals surface area contributed by atoms with Gasteiger partial charge in [0.15, 0.2) is 0 Å². The molecular weight excluding hydrogens is 931 g/mol. The molecule has 3 heteroatoms. The van der Waals surface area contributed by atoms with Gasteiger partial charge in [-0.25, -0.2) is 0 Å². The Kier molecular flexibility index (Phi) is 10.9. The van der Waals surface area contributed by atoms with Crippen LogP contribution in [0.3, 0.4) is 0 Å². The van der Waals surface area contributed by atoms with E-state index >= 15 is 0 Å². The summed E-state index contributed by atoms with van der Waals surface area (Å²) >= 11 is 0. The summed E-state index contributed by atoms with van der Waals surface area (Å²) in [5, 5.41) is 0. The fraction of sp³-hybridized carbons (Fsp3) is 0.0811. The van der Waals surface area contributed by atoms with Crippen LogP contribution >= 0.6 is 0 Å². The second-order valence-electron chi connectivity index (χ2n) is 21.6. The average molecular weight is 988 g/mol. The van der Waals surface area contributed by atoms with Crippen molar-refractivity contribution in [3.8, 4) is 89.7 Å². The van der Waals surface area contributed by atoms with Gasteiger partial charge in [-0.05, 0) is 110 Å². The number of para-hydroxylation sites is 2. The zero-order valence-corrected chi connectivity index (χ0v) is 43.8. The summed E-state index contributed by atoms with van der Waals surface area (Å²) in [6.45, 7) is 9.64. The van der Waals surface area contributed by atoms with Gasteiger partial charge in [-0.15, -0.1) is 0 Å². The van der Waals surface area contributed by atoms with E-state index in [-0.39, 0.29) is 5.41 Å². The molecule has 77 heavy (non-hydrogen) atoms. The lowest BCUT2D eigenvalue weighted by Gasteiger charge is -2.30. The van der Waals surface area contributed by atoms with Crippen molar-refractivity contribution in [1.29, 1.82) is 0 Å². The number of anilines is 3. The van der Waals surface area contributed by atoms with Gasteiger partial charge in [0.1, 0.15) is 0 Å². The van der Waals surface area contributed by atoms with Crippen molar-refractivity contribution in [2.45, 2.75) is 38.5 Å². The van der Waals surface area contributed by atoms with E-state index in [1.165, 1.54) is 95.1 Å². The lowest BCUT2D eigenvalue weighted by Crippen LogP contribution is -2.21. The van der Waals surface area contributed by atoms with Crippen molar-refractivity contribution in [2.24, 2.45) is 0 Å². The molecule has 0 spiro atoms. The summed E-state index contributed by atoms with van der Waals surface area (Å²) in [6, 6.07) is 100. The van der Waals surface area contributed by atoms with Crippen molar-refractivity contribution in [3.63, 3.8) is 0 Å². The molecule has 2 aromatic heterocycles. The first-order valence-corrected chi connectivity index (χ1v) is 26.9. The predicted octanol–water partition coefficient (Wildman–Crippen LogP) is 19.7. The van der Waals surface area contributed by atoms with Crippen LogP contribution in [0.25, 0.3) is 89.7 Å². The molecular formula is C74H57N3. The van der Waals surface area contributed by atoms with Crippen LogP contribution in [0.4, 0.5) is 17.1 Å². The Bertz CT molecular complexity index is 4150. The molecule has 10 aromatic carbocycles. The summed E-state index contributed by atoms with van der Waals surface area (Å²) in [5.74, 6) is 0. The molecule has 0 fully saturated rings. The molecule has 0 bridgehead atoms. The van der Waals surface area contributed by atoms with E-state index in [0.717, 1.165) is 34.0 Å². The molecule has 368 valence electrons. The maximum absolute atomic E-state index is 2.61. The number of hydrogen-bond donors (Lipinski definition) is 0. The van der Waals surface area contributed by atoms with E-state index in [1.54, 1.807) is 0 Å². The lowest BCUT2D eigenvalue weighted by atomic mass is 9.81. The molecule has 14 rings (SSSR count). The third kappa shape index (κ3) is 7.25. The molecule has 3 nitrogen and oxygen atoms in total. The van der Waals surface area contributed by atoms with Crippen molar-refractivity contribution in [2.75, 3.05) is 4.90 Å². The van der Waals surface area contributed by atoms with Crippen LogP contribution in [-0.2, 0) is 10.8 Å². The van der Waals surface area contributed by atoms with Gasteiger partial charge in [0.05, 0.1) is 22.8 Å². The zero-order valence-electron chi connectivity index (χ0n) is 43.8. The van der Waals surface area contributed by atoms with Crippen molar-refractivity contribution < 1.29 is 0 Å². The summed E-state index contributed by atoms with van der Waals surface area (Å²) in [4.78, 5) is 2.47. The van der Waals surface area contributed by atoms with Gasteiger partial charge in [-0.3, -0.25) is 0 Å². The van der Waals surface area contributed by atoms with Gasteiger partial charge >= 0.3 is 0 Å². The molecule has 0 saturated heterocycles. The van der Waals surface area contributed by atoms with Gasteiger partial charge in [-0.2, -0.15) is 0 Å². The van der Waals surface area contributed by atoms with Crippen molar-refractivity contribution in [1.82, 2.24) is 9.13 Å². The number of aromatic nitrogens is 2. The van der Waals surface area contributed by atoms with Crippen LogP contribution in [-0.4, -0.2) is 9.13 Å². The van der Waals surface area contributed by atoms with Crippen LogP contribution < -0.4 is 4.90 Å². The van der Waals surface area contributed by atoms with E-state index in [2.05, 4.69) is 315 Å². The van der Waals surface area contributed by atoms with Crippen LogP contribution in [0, 0.1) is 0 Å². The van der Waals surface area contributed by atoms with Crippen LogP contribution in [0.15, 0.2) is 273 Å². The second-order valence-corrected chi connectivity index (χ2v) is 21.6. The quantitative estimate of drug-likeness (QED) is 0.133. The third-order valence-electron chi connectivity index (χ3n) is 16.5. The molecule has 2 heterocycles. The molecule has 0 N–H and O–H groups in total. The fourth-order valence-corrected chi connectivity index (χ4v) is 13.1. The fourth-order valence-electron chi connectivity index (χ4n) is 13.1. The standard InChI is InChI=1S/C74H57N3/c1-73(2)62-41-25-23-40-60(62)61-48-47-58(49-63(61)73)75(64-42-26-24-39-59(64)50-27-11-5-12-28-50)56-43-45-57(46-44-56)76-70(54-35-19-9-20-36-54)66(52-31-15-7-16-32-52)68-71(76)67-65(51-29-13-6-14-30-51)69(53-33-17-8-18-34-53)77(72(67)74(68,3)4)55-37-21-10-22-38-55/h5-49H,1-4H3. The van der Waals surface area contributed by atoms with Gasteiger partial charge in [0.25, 0.3) is 0 Å². The van der Waals surface area contributed by atoms with Gasteiger partial charge in [0.2, 0.25) is 0 Å². The highest BCUT2D eigenvalue weighted by Gasteiger charge is 2.49. The highest BCUT2D eigenvalue weighted by Crippen LogP contribution is 2.63. The second kappa shape index (κ2) is 18.1.